The lowest BCUT2D eigenvalue weighted by Gasteiger charge is -2.26. The normalized spacial score (nSPS) is 15.5. The van der Waals surface area contributed by atoms with E-state index in [1.165, 1.54) is 15.6 Å². The number of sulfonamides is 1. The van der Waals surface area contributed by atoms with Gasteiger partial charge in [-0.05, 0) is 37.1 Å². The summed E-state index contributed by atoms with van der Waals surface area (Å²) in [4.78, 5) is 12.5. The number of carboxylic acid groups (broad SMARTS) is 1. The lowest BCUT2D eigenvalue weighted by atomic mass is 10.1. The Morgan fingerprint density at radius 3 is 2.59 bits per heavy atom. The van der Waals surface area contributed by atoms with Gasteiger partial charge < -0.3 is 5.11 Å². The van der Waals surface area contributed by atoms with Crippen LogP contribution in [0, 0.1) is 6.92 Å². The van der Waals surface area contributed by atoms with Crippen molar-refractivity contribution in [2.45, 2.75) is 24.8 Å². The van der Waals surface area contributed by atoms with E-state index in [4.69, 9.17) is 5.11 Å². The molecule has 5 nitrogen and oxygen atoms in total. The third-order valence-corrected chi connectivity index (χ3v) is 6.79. The molecule has 0 saturated heterocycles. The molecule has 0 bridgehead atoms. The molecule has 0 unspecified atom stereocenters. The molecule has 0 fully saturated rings. The van der Waals surface area contributed by atoms with Crippen LogP contribution in [0.25, 0.3) is 0 Å². The number of rotatable bonds is 3. The van der Waals surface area contributed by atoms with Crippen molar-refractivity contribution in [3.8, 4) is 0 Å². The molecule has 0 saturated carbocycles. The first-order valence-corrected chi connectivity index (χ1v) is 9.05. The van der Waals surface area contributed by atoms with Crippen LogP contribution in [0.5, 0.6) is 0 Å². The van der Waals surface area contributed by atoms with Crippen molar-refractivity contribution in [2.24, 2.45) is 0 Å². The minimum Gasteiger partial charge on any atom is -0.477 e. The number of nitrogens with zero attached hydrogens (tertiary/aromatic N) is 1. The van der Waals surface area contributed by atoms with Crippen LogP contribution in [-0.2, 0) is 23.0 Å². The predicted molar refractivity (Wildman–Crippen MR) is 83.8 cm³/mol. The number of aromatic carboxylic acids is 1. The topological polar surface area (TPSA) is 74.7 Å². The maximum absolute atomic E-state index is 12.7. The Bertz CT molecular complexity index is 822. The van der Waals surface area contributed by atoms with E-state index in [1.54, 1.807) is 30.3 Å². The van der Waals surface area contributed by atoms with Crippen LogP contribution < -0.4 is 0 Å². The second kappa shape index (κ2) is 5.49. The summed E-state index contributed by atoms with van der Waals surface area (Å²) in [6.07, 6.45) is 0.554. The fourth-order valence-electron chi connectivity index (χ4n) is 2.48. The summed E-state index contributed by atoms with van der Waals surface area (Å²) < 4.78 is 26.7. The Hall–Kier alpha value is -1.70. The molecular weight excluding hydrogens is 322 g/mol. The van der Waals surface area contributed by atoms with Crippen LogP contribution in [0.3, 0.4) is 0 Å². The van der Waals surface area contributed by atoms with E-state index in [0.717, 1.165) is 16.0 Å². The highest BCUT2D eigenvalue weighted by Gasteiger charge is 2.30. The summed E-state index contributed by atoms with van der Waals surface area (Å²) in [5.41, 5.74) is 1.80. The van der Waals surface area contributed by atoms with Gasteiger partial charge in [0.1, 0.15) is 4.88 Å². The number of benzene rings is 1. The number of thiophene rings is 1. The molecule has 3 rings (SSSR count). The number of hydrogen-bond donors (Lipinski definition) is 1. The summed E-state index contributed by atoms with van der Waals surface area (Å²) in [6, 6.07) is 8.34. The summed E-state index contributed by atoms with van der Waals surface area (Å²) in [7, 11) is -3.54. The van der Waals surface area contributed by atoms with Gasteiger partial charge in [0.05, 0.1) is 4.90 Å². The number of hydrogen-bond acceptors (Lipinski definition) is 4. The molecule has 2 heterocycles. The minimum atomic E-state index is -3.54. The van der Waals surface area contributed by atoms with Crippen LogP contribution in [0.15, 0.2) is 35.2 Å². The fourth-order valence-corrected chi connectivity index (χ4v) is 4.90. The highest BCUT2D eigenvalue weighted by atomic mass is 32.2. The molecule has 7 heteroatoms. The quantitative estimate of drug-likeness (QED) is 0.934. The molecule has 1 aromatic carbocycles. The average Bonchev–Trinajstić information content (AvgIpc) is 2.91. The van der Waals surface area contributed by atoms with Crippen molar-refractivity contribution in [1.82, 2.24) is 4.31 Å². The highest BCUT2D eigenvalue weighted by Crippen LogP contribution is 2.31. The van der Waals surface area contributed by atoms with Crippen LogP contribution in [0.1, 0.15) is 25.7 Å². The van der Waals surface area contributed by atoms with E-state index in [0.29, 0.717) is 13.0 Å². The zero-order valence-electron chi connectivity index (χ0n) is 11.9. The minimum absolute atomic E-state index is 0.231. The van der Waals surface area contributed by atoms with Gasteiger partial charge in [-0.1, -0.05) is 17.7 Å². The molecule has 1 aliphatic heterocycles. The zero-order chi connectivity index (χ0) is 15.9. The molecule has 116 valence electrons. The lowest BCUT2D eigenvalue weighted by Crippen LogP contribution is -2.35. The third kappa shape index (κ3) is 2.67. The van der Waals surface area contributed by atoms with Crippen LogP contribution in [0.2, 0.25) is 0 Å². The van der Waals surface area contributed by atoms with E-state index in [-0.39, 0.29) is 16.3 Å². The van der Waals surface area contributed by atoms with Gasteiger partial charge >= 0.3 is 5.97 Å². The Balaban J connectivity index is 1.90. The molecule has 0 radical (unpaired) electrons. The van der Waals surface area contributed by atoms with Crippen molar-refractivity contribution in [1.29, 1.82) is 0 Å². The maximum atomic E-state index is 12.7. The SMILES string of the molecule is Cc1ccc(S(=O)(=O)N2CCc3sc(C(=O)O)cc3C2)cc1. The van der Waals surface area contributed by atoms with Crippen LogP contribution in [0.4, 0.5) is 0 Å². The van der Waals surface area contributed by atoms with Crippen LogP contribution in [-0.4, -0.2) is 30.3 Å². The molecule has 0 atom stereocenters. The smallest absolute Gasteiger partial charge is 0.345 e. The van der Waals surface area contributed by atoms with Crippen molar-refractivity contribution in [3.63, 3.8) is 0 Å². The van der Waals surface area contributed by atoms with Gasteiger partial charge in [-0.2, -0.15) is 4.31 Å². The number of carboxylic acids is 1. The monoisotopic (exact) mass is 337 g/mol. The lowest BCUT2D eigenvalue weighted by molar-refractivity contribution is 0.0702. The van der Waals surface area contributed by atoms with Gasteiger partial charge in [-0.15, -0.1) is 11.3 Å². The molecule has 0 amide bonds. The van der Waals surface area contributed by atoms with Crippen molar-refractivity contribution in [2.75, 3.05) is 6.54 Å². The summed E-state index contributed by atoms with van der Waals surface area (Å²) in [5.74, 6) is -0.965. The van der Waals surface area contributed by atoms with Gasteiger partial charge in [-0.25, -0.2) is 13.2 Å². The molecule has 1 aromatic heterocycles. The zero-order valence-corrected chi connectivity index (χ0v) is 13.6. The number of fused-ring (bicyclic) bond motifs is 1. The predicted octanol–water partition coefficient (Wildman–Crippen LogP) is 2.50. The standard InChI is InChI=1S/C15H15NO4S2/c1-10-2-4-12(5-3-10)22(19,20)16-7-6-13-11(9-16)8-14(21-13)15(17)18/h2-5,8H,6-7,9H2,1H3,(H,17,18). The highest BCUT2D eigenvalue weighted by molar-refractivity contribution is 7.89. The molecule has 1 aliphatic rings. The Labute approximate surface area is 132 Å². The second-order valence-corrected chi connectivity index (χ2v) is 8.34. The van der Waals surface area contributed by atoms with E-state index in [9.17, 15) is 13.2 Å². The van der Waals surface area contributed by atoms with E-state index in [2.05, 4.69) is 0 Å². The second-order valence-electron chi connectivity index (χ2n) is 5.27. The molecule has 1 N–H and O–H groups in total. The molecular formula is C15H15NO4S2. The summed E-state index contributed by atoms with van der Waals surface area (Å²) in [6.45, 7) is 2.51. The van der Waals surface area contributed by atoms with Gasteiger partial charge in [0.2, 0.25) is 10.0 Å². The number of aryl methyl sites for hydroxylation is 1. The summed E-state index contributed by atoms with van der Waals surface area (Å²) >= 11 is 1.23. The average molecular weight is 337 g/mol. The first kappa shape index (κ1) is 15.2. The third-order valence-electron chi connectivity index (χ3n) is 3.70. The largest absolute Gasteiger partial charge is 0.477 e. The Morgan fingerprint density at radius 2 is 1.95 bits per heavy atom. The Morgan fingerprint density at radius 1 is 1.27 bits per heavy atom. The molecule has 0 aliphatic carbocycles. The van der Waals surface area contributed by atoms with Gasteiger partial charge in [0.25, 0.3) is 0 Å². The van der Waals surface area contributed by atoms with E-state index >= 15 is 0 Å². The molecule has 2 aromatic rings. The fraction of sp³-hybridized carbons (Fsp3) is 0.267. The first-order valence-electron chi connectivity index (χ1n) is 6.79. The molecule has 22 heavy (non-hydrogen) atoms. The molecule has 0 spiro atoms. The van der Waals surface area contributed by atoms with E-state index in [1.807, 2.05) is 6.92 Å². The first-order chi connectivity index (χ1) is 10.4. The number of carbonyl (C=O) groups is 1. The van der Waals surface area contributed by atoms with Gasteiger partial charge in [0.15, 0.2) is 0 Å². The Kier molecular flexibility index (Phi) is 3.80. The van der Waals surface area contributed by atoms with Gasteiger partial charge in [0, 0.05) is 18.0 Å². The van der Waals surface area contributed by atoms with Crippen LogP contribution >= 0.6 is 11.3 Å². The van der Waals surface area contributed by atoms with Gasteiger partial charge in [-0.3, -0.25) is 0 Å². The van der Waals surface area contributed by atoms with Crippen molar-refractivity contribution >= 4 is 27.3 Å². The summed E-state index contributed by atoms with van der Waals surface area (Å²) in [5, 5.41) is 9.04. The van der Waals surface area contributed by atoms with E-state index < -0.39 is 16.0 Å². The van der Waals surface area contributed by atoms with Crippen molar-refractivity contribution in [3.05, 3.63) is 51.2 Å². The van der Waals surface area contributed by atoms with Crippen molar-refractivity contribution < 1.29 is 18.3 Å². The maximum Gasteiger partial charge on any atom is 0.345 e.